The summed E-state index contributed by atoms with van der Waals surface area (Å²) >= 11 is 6.60. The van der Waals surface area contributed by atoms with Crippen LogP contribution in [0, 0.1) is 0 Å². The van der Waals surface area contributed by atoms with E-state index in [-0.39, 0.29) is 25.0 Å². The van der Waals surface area contributed by atoms with Crippen molar-refractivity contribution in [2.75, 3.05) is 18.7 Å². The Morgan fingerprint density at radius 3 is 2.97 bits per heavy atom. The van der Waals surface area contributed by atoms with Crippen molar-refractivity contribution in [3.63, 3.8) is 0 Å². The molecule has 29 heavy (non-hydrogen) atoms. The standard InChI is InChI=1S/C20H17N3O4S2/c24-18(22-17-4-1-2-8-21-17)5-3-9-23-19(25)16(29-20(23)28)11-13-6-7-14-15(10-13)27-12-26-14/h1-2,4,6-8,10-11H,3,5,9,12H2,(H,21,22,24)/b16-11-. The second-order valence-electron chi connectivity index (χ2n) is 6.31. The van der Waals surface area contributed by atoms with Crippen LogP contribution in [0.25, 0.3) is 6.08 Å². The molecule has 1 N–H and O–H groups in total. The van der Waals surface area contributed by atoms with Crippen molar-refractivity contribution >= 4 is 52.0 Å². The summed E-state index contributed by atoms with van der Waals surface area (Å²) < 4.78 is 11.2. The number of carbonyl (C=O) groups is 2. The zero-order chi connectivity index (χ0) is 20.2. The first kappa shape index (κ1) is 19.4. The Balaban J connectivity index is 1.33. The Bertz CT molecular complexity index is 994. The van der Waals surface area contributed by atoms with Crippen molar-refractivity contribution in [2.45, 2.75) is 12.8 Å². The normalized spacial score (nSPS) is 16.6. The quantitative estimate of drug-likeness (QED) is 0.559. The Hall–Kier alpha value is -2.91. The van der Waals surface area contributed by atoms with Gasteiger partial charge in [0.25, 0.3) is 5.91 Å². The van der Waals surface area contributed by atoms with Crippen molar-refractivity contribution < 1.29 is 19.1 Å². The van der Waals surface area contributed by atoms with Gasteiger partial charge in [-0.25, -0.2) is 4.98 Å². The van der Waals surface area contributed by atoms with E-state index in [0.717, 1.165) is 5.56 Å². The molecule has 1 fully saturated rings. The number of thioether (sulfide) groups is 1. The van der Waals surface area contributed by atoms with E-state index in [0.29, 0.717) is 39.5 Å². The molecule has 2 aliphatic heterocycles. The molecular formula is C20H17N3O4S2. The lowest BCUT2D eigenvalue weighted by molar-refractivity contribution is -0.122. The van der Waals surface area contributed by atoms with Crippen molar-refractivity contribution in [3.05, 3.63) is 53.1 Å². The lowest BCUT2D eigenvalue weighted by atomic mass is 10.2. The number of nitrogens with one attached hydrogen (secondary N) is 1. The van der Waals surface area contributed by atoms with Gasteiger partial charge in [-0.3, -0.25) is 14.5 Å². The fourth-order valence-electron chi connectivity index (χ4n) is 2.89. The molecule has 0 bridgehead atoms. The van der Waals surface area contributed by atoms with Gasteiger partial charge in [-0.15, -0.1) is 0 Å². The van der Waals surface area contributed by atoms with Gasteiger partial charge in [0, 0.05) is 19.2 Å². The maximum Gasteiger partial charge on any atom is 0.266 e. The zero-order valence-electron chi connectivity index (χ0n) is 15.3. The summed E-state index contributed by atoms with van der Waals surface area (Å²) in [7, 11) is 0. The average Bonchev–Trinajstić information content (AvgIpc) is 3.28. The molecule has 1 saturated heterocycles. The summed E-state index contributed by atoms with van der Waals surface area (Å²) in [6.07, 6.45) is 4.18. The molecule has 2 aromatic rings. The number of ether oxygens (including phenoxy) is 2. The van der Waals surface area contributed by atoms with Crippen molar-refractivity contribution in [3.8, 4) is 11.5 Å². The summed E-state index contributed by atoms with van der Waals surface area (Å²) in [6, 6.07) is 10.8. The van der Waals surface area contributed by atoms with E-state index < -0.39 is 0 Å². The molecule has 1 aromatic carbocycles. The number of anilines is 1. The molecule has 3 heterocycles. The van der Waals surface area contributed by atoms with Gasteiger partial charge in [-0.1, -0.05) is 36.1 Å². The third-order valence-corrected chi connectivity index (χ3v) is 5.66. The number of amides is 2. The maximum atomic E-state index is 12.7. The second kappa shape index (κ2) is 8.62. The molecule has 0 atom stereocenters. The number of nitrogens with zero attached hydrogens (tertiary/aromatic N) is 2. The average molecular weight is 428 g/mol. The van der Waals surface area contributed by atoms with Gasteiger partial charge in [0.05, 0.1) is 4.91 Å². The van der Waals surface area contributed by atoms with Gasteiger partial charge in [-0.2, -0.15) is 0 Å². The van der Waals surface area contributed by atoms with Crippen LogP contribution in [0.15, 0.2) is 47.5 Å². The van der Waals surface area contributed by atoms with E-state index in [2.05, 4.69) is 10.3 Å². The Morgan fingerprint density at radius 2 is 2.14 bits per heavy atom. The first-order valence-corrected chi connectivity index (χ1v) is 10.2. The predicted molar refractivity (Wildman–Crippen MR) is 115 cm³/mol. The molecule has 1 aromatic heterocycles. The van der Waals surface area contributed by atoms with Crippen LogP contribution < -0.4 is 14.8 Å². The first-order chi connectivity index (χ1) is 14.1. The molecule has 0 unspecified atom stereocenters. The van der Waals surface area contributed by atoms with Crippen molar-refractivity contribution in [2.24, 2.45) is 0 Å². The summed E-state index contributed by atoms with van der Waals surface area (Å²) in [4.78, 5) is 30.9. The second-order valence-corrected chi connectivity index (χ2v) is 7.99. The van der Waals surface area contributed by atoms with E-state index in [9.17, 15) is 9.59 Å². The molecule has 0 spiro atoms. The SMILES string of the molecule is O=C(CCCN1C(=O)/C(=C/c2ccc3c(c2)OCO3)SC1=S)Nc1ccccn1. The summed E-state index contributed by atoms with van der Waals surface area (Å²) in [5.41, 5.74) is 0.837. The number of hydrogen-bond acceptors (Lipinski definition) is 7. The van der Waals surface area contributed by atoms with Crippen LogP contribution in [0.4, 0.5) is 5.82 Å². The number of hydrogen-bond donors (Lipinski definition) is 1. The Kier molecular flexibility index (Phi) is 5.77. The van der Waals surface area contributed by atoms with Gasteiger partial charge in [-0.05, 0) is 42.3 Å². The Morgan fingerprint density at radius 1 is 1.28 bits per heavy atom. The van der Waals surface area contributed by atoms with E-state index in [1.54, 1.807) is 30.5 Å². The number of carbonyl (C=O) groups excluding carboxylic acids is 2. The minimum Gasteiger partial charge on any atom is -0.454 e. The first-order valence-electron chi connectivity index (χ1n) is 8.96. The van der Waals surface area contributed by atoms with E-state index in [4.69, 9.17) is 21.7 Å². The van der Waals surface area contributed by atoms with Gasteiger partial charge in [0.15, 0.2) is 11.5 Å². The van der Waals surface area contributed by atoms with Crippen molar-refractivity contribution in [1.29, 1.82) is 0 Å². The predicted octanol–water partition coefficient (Wildman–Crippen LogP) is 3.43. The van der Waals surface area contributed by atoms with Crippen molar-refractivity contribution in [1.82, 2.24) is 9.88 Å². The highest BCUT2D eigenvalue weighted by atomic mass is 32.2. The van der Waals surface area contributed by atoms with E-state index in [1.807, 2.05) is 18.2 Å². The fourth-order valence-corrected chi connectivity index (χ4v) is 4.20. The van der Waals surface area contributed by atoms with Gasteiger partial charge >= 0.3 is 0 Å². The molecule has 9 heteroatoms. The van der Waals surface area contributed by atoms with E-state index >= 15 is 0 Å². The molecule has 0 saturated carbocycles. The highest BCUT2D eigenvalue weighted by Crippen LogP contribution is 2.36. The van der Waals surface area contributed by atoms with Gasteiger partial charge < -0.3 is 14.8 Å². The number of aromatic nitrogens is 1. The highest BCUT2D eigenvalue weighted by molar-refractivity contribution is 8.26. The molecular weight excluding hydrogens is 410 g/mol. The molecule has 0 aliphatic carbocycles. The van der Waals surface area contributed by atoms with Crippen LogP contribution in [-0.2, 0) is 9.59 Å². The minimum absolute atomic E-state index is 0.148. The maximum absolute atomic E-state index is 12.7. The number of fused-ring (bicyclic) bond motifs is 1. The third kappa shape index (κ3) is 4.57. The monoisotopic (exact) mass is 427 g/mol. The summed E-state index contributed by atoms with van der Waals surface area (Å²) in [5, 5.41) is 2.73. The minimum atomic E-state index is -0.150. The van der Waals surface area contributed by atoms with Crippen LogP contribution >= 0.6 is 24.0 Å². The lowest BCUT2D eigenvalue weighted by Crippen LogP contribution is -2.29. The van der Waals surface area contributed by atoms with Crippen LogP contribution in [0.2, 0.25) is 0 Å². The largest absolute Gasteiger partial charge is 0.454 e. The third-order valence-electron chi connectivity index (χ3n) is 4.29. The lowest BCUT2D eigenvalue weighted by Gasteiger charge is -2.14. The smallest absolute Gasteiger partial charge is 0.266 e. The highest BCUT2D eigenvalue weighted by Gasteiger charge is 2.31. The number of pyridine rings is 1. The Labute approximate surface area is 177 Å². The fraction of sp³-hybridized carbons (Fsp3) is 0.200. The number of thiocarbonyl (C=S) groups is 1. The van der Waals surface area contributed by atoms with Crippen LogP contribution in [-0.4, -0.2) is 39.4 Å². The molecule has 7 nitrogen and oxygen atoms in total. The number of rotatable bonds is 6. The molecule has 0 radical (unpaired) electrons. The summed E-state index contributed by atoms with van der Waals surface area (Å²) in [6.45, 7) is 0.591. The topological polar surface area (TPSA) is 80.8 Å². The van der Waals surface area contributed by atoms with E-state index in [1.165, 1.54) is 16.7 Å². The molecule has 2 aliphatic rings. The van der Waals surface area contributed by atoms with Gasteiger partial charge in [0.1, 0.15) is 10.1 Å². The summed E-state index contributed by atoms with van der Waals surface area (Å²) in [5.74, 6) is 1.56. The van der Waals surface area contributed by atoms with Gasteiger partial charge in [0.2, 0.25) is 12.7 Å². The van der Waals surface area contributed by atoms with Crippen LogP contribution in [0.5, 0.6) is 11.5 Å². The molecule has 4 rings (SSSR count). The number of benzene rings is 1. The van der Waals surface area contributed by atoms with Crippen LogP contribution in [0.3, 0.4) is 0 Å². The molecule has 2 amide bonds. The molecule has 148 valence electrons. The van der Waals surface area contributed by atoms with Crippen LogP contribution in [0.1, 0.15) is 18.4 Å². The zero-order valence-corrected chi connectivity index (χ0v) is 16.9.